The third-order valence-electron chi connectivity index (χ3n) is 3.91. The van der Waals surface area contributed by atoms with Crippen LogP contribution in [0, 0.1) is 0 Å². The van der Waals surface area contributed by atoms with Gasteiger partial charge >= 0.3 is 0 Å². The summed E-state index contributed by atoms with van der Waals surface area (Å²) in [5.74, 6) is 1.09. The number of likely N-dealkylation sites (tertiary alicyclic amines) is 1. The Morgan fingerprint density at radius 1 is 1.24 bits per heavy atom. The molecular formula is C17H26N2O2. The van der Waals surface area contributed by atoms with Gasteiger partial charge in [0.2, 0.25) is 5.91 Å². The number of carbonyl (C=O) groups is 1. The molecule has 4 nitrogen and oxygen atoms in total. The normalized spacial score (nSPS) is 22.4. The Morgan fingerprint density at radius 2 is 1.95 bits per heavy atom. The van der Waals surface area contributed by atoms with Crippen molar-refractivity contribution in [2.75, 3.05) is 13.2 Å². The Kier molecular flexibility index (Phi) is 5.62. The topological polar surface area (TPSA) is 55.6 Å². The van der Waals surface area contributed by atoms with E-state index in [-0.39, 0.29) is 18.0 Å². The third kappa shape index (κ3) is 3.76. The lowest BCUT2D eigenvalue weighted by Crippen LogP contribution is -2.49. The zero-order valence-corrected chi connectivity index (χ0v) is 13.0. The van der Waals surface area contributed by atoms with Crippen molar-refractivity contribution in [3.8, 4) is 5.75 Å². The molecule has 2 rings (SSSR count). The fraction of sp³-hybridized carbons (Fsp3) is 0.588. The summed E-state index contributed by atoms with van der Waals surface area (Å²) in [7, 11) is 0. The maximum Gasteiger partial charge on any atom is 0.223 e. The standard InChI is InChI=1S/C17H26N2O2/c1-3-11-19-16(20)10-9-15(18)17(19)13-5-7-14(8-6-13)21-12-4-2/h5-8,15,17H,3-4,9-12,18H2,1-2H3. The van der Waals surface area contributed by atoms with Gasteiger partial charge in [-0.1, -0.05) is 26.0 Å². The van der Waals surface area contributed by atoms with Crippen molar-refractivity contribution < 1.29 is 9.53 Å². The Hall–Kier alpha value is -1.55. The van der Waals surface area contributed by atoms with Crippen molar-refractivity contribution in [2.45, 2.75) is 51.6 Å². The molecule has 116 valence electrons. The highest BCUT2D eigenvalue weighted by Gasteiger charge is 2.34. The van der Waals surface area contributed by atoms with Gasteiger partial charge in [-0.05, 0) is 37.0 Å². The van der Waals surface area contributed by atoms with E-state index in [0.29, 0.717) is 6.42 Å². The summed E-state index contributed by atoms with van der Waals surface area (Å²) < 4.78 is 5.61. The molecule has 1 aliphatic rings. The highest BCUT2D eigenvalue weighted by molar-refractivity contribution is 5.78. The van der Waals surface area contributed by atoms with Crippen LogP contribution in [0.1, 0.15) is 51.1 Å². The first kappa shape index (κ1) is 15.8. The van der Waals surface area contributed by atoms with E-state index in [9.17, 15) is 4.79 Å². The third-order valence-corrected chi connectivity index (χ3v) is 3.91. The minimum Gasteiger partial charge on any atom is -0.494 e. The molecule has 0 radical (unpaired) electrons. The predicted molar refractivity (Wildman–Crippen MR) is 84.2 cm³/mol. The van der Waals surface area contributed by atoms with Crippen LogP contribution < -0.4 is 10.5 Å². The second-order valence-electron chi connectivity index (χ2n) is 5.65. The molecule has 1 aromatic carbocycles. The molecular weight excluding hydrogens is 264 g/mol. The van der Waals surface area contributed by atoms with Crippen LogP contribution in [0.15, 0.2) is 24.3 Å². The van der Waals surface area contributed by atoms with Crippen molar-refractivity contribution in [1.29, 1.82) is 0 Å². The number of hydrogen-bond donors (Lipinski definition) is 1. The number of ether oxygens (including phenoxy) is 1. The first-order valence-electron chi connectivity index (χ1n) is 7.95. The van der Waals surface area contributed by atoms with Gasteiger partial charge in [0.25, 0.3) is 0 Å². The van der Waals surface area contributed by atoms with Gasteiger partial charge in [0, 0.05) is 19.0 Å². The van der Waals surface area contributed by atoms with Crippen molar-refractivity contribution in [2.24, 2.45) is 5.73 Å². The Labute approximate surface area is 127 Å². The molecule has 1 saturated heterocycles. The monoisotopic (exact) mass is 290 g/mol. The van der Waals surface area contributed by atoms with Gasteiger partial charge < -0.3 is 15.4 Å². The van der Waals surface area contributed by atoms with Gasteiger partial charge in [-0.25, -0.2) is 0 Å². The lowest BCUT2D eigenvalue weighted by atomic mass is 9.90. The summed E-state index contributed by atoms with van der Waals surface area (Å²) in [4.78, 5) is 14.1. The average molecular weight is 290 g/mol. The van der Waals surface area contributed by atoms with E-state index in [4.69, 9.17) is 10.5 Å². The highest BCUT2D eigenvalue weighted by atomic mass is 16.5. The van der Waals surface area contributed by atoms with Gasteiger partial charge in [0.15, 0.2) is 0 Å². The van der Waals surface area contributed by atoms with E-state index in [1.165, 1.54) is 0 Å². The van der Waals surface area contributed by atoms with Crippen LogP contribution in [0.2, 0.25) is 0 Å². The van der Waals surface area contributed by atoms with E-state index >= 15 is 0 Å². The molecule has 2 atom stereocenters. The zero-order chi connectivity index (χ0) is 15.2. The number of nitrogens with zero attached hydrogens (tertiary/aromatic N) is 1. The van der Waals surface area contributed by atoms with Crippen LogP contribution in [0.25, 0.3) is 0 Å². The molecule has 2 unspecified atom stereocenters. The SMILES string of the molecule is CCCOc1ccc(C2C(N)CCC(=O)N2CCC)cc1. The maximum absolute atomic E-state index is 12.2. The van der Waals surface area contributed by atoms with Gasteiger partial charge in [0.1, 0.15) is 5.75 Å². The number of nitrogens with two attached hydrogens (primary N) is 1. The largest absolute Gasteiger partial charge is 0.494 e. The van der Waals surface area contributed by atoms with Gasteiger partial charge in [-0.3, -0.25) is 4.79 Å². The van der Waals surface area contributed by atoms with Crippen molar-refractivity contribution in [3.05, 3.63) is 29.8 Å². The molecule has 21 heavy (non-hydrogen) atoms. The smallest absolute Gasteiger partial charge is 0.223 e. The number of rotatable bonds is 6. The quantitative estimate of drug-likeness (QED) is 0.876. The molecule has 0 aliphatic carbocycles. The first-order chi connectivity index (χ1) is 10.2. The van der Waals surface area contributed by atoms with Crippen LogP contribution in [0.3, 0.4) is 0 Å². The summed E-state index contributed by atoms with van der Waals surface area (Å²) in [5.41, 5.74) is 7.39. The molecule has 1 aromatic rings. The summed E-state index contributed by atoms with van der Waals surface area (Å²) in [6, 6.07) is 8.03. The summed E-state index contributed by atoms with van der Waals surface area (Å²) in [5, 5.41) is 0. The lowest BCUT2D eigenvalue weighted by molar-refractivity contribution is -0.137. The molecule has 1 heterocycles. The summed E-state index contributed by atoms with van der Waals surface area (Å²) in [6.45, 7) is 5.67. The van der Waals surface area contributed by atoms with Crippen molar-refractivity contribution >= 4 is 5.91 Å². The van der Waals surface area contributed by atoms with Gasteiger partial charge in [-0.2, -0.15) is 0 Å². The Morgan fingerprint density at radius 3 is 2.57 bits per heavy atom. The fourth-order valence-corrected chi connectivity index (χ4v) is 2.89. The van der Waals surface area contributed by atoms with E-state index in [1.54, 1.807) is 0 Å². The molecule has 2 N–H and O–H groups in total. The number of hydrogen-bond acceptors (Lipinski definition) is 3. The number of piperidine rings is 1. The Bertz CT molecular complexity index is 458. The fourth-order valence-electron chi connectivity index (χ4n) is 2.89. The van der Waals surface area contributed by atoms with Crippen LogP contribution in [-0.2, 0) is 4.79 Å². The van der Waals surface area contributed by atoms with E-state index < -0.39 is 0 Å². The predicted octanol–water partition coefficient (Wildman–Crippen LogP) is 2.88. The second kappa shape index (κ2) is 7.46. The number of benzene rings is 1. The number of carbonyl (C=O) groups excluding carboxylic acids is 1. The molecule has 0 saturated carbocycles. The molecule has 1 aliphatic heterocycles. The minimum absolute atomic E-state index is 0.00794. The average Bonchev–Trinajstić information content (AvgIpc) is 2.50. The number of amides is 1. The summed E-state index contributed by atoms with van der Waals surface area (Å²) >= 11 is 0. The van der Waals surface area contributed by atoms with Crippen LogP contribution >= 0.6 is 0 Å². The maximum atomic E-state index is 12.2. The van der Waals surface area contributed by atoms with Gasteiger partial charge in [-0.15, -0.1) is 0 Å². The van der Waals surface area contributed by atoms with Gasteiger partial charge in [0.05, 0.1) is 12.6 Å². The van der Waals surface area contributed by atoms with Crippen LogP contribution in [0.4, 0.5) is 0 Å². The van der Waals surface area contributed by atoms with Crippen molar-refractivity contribution in [3.63, 3.8) is 0 Å². The Balaban J connectivity index is 2.17. The summed E-state index contributed by atoms with van der Waals surface area (Å²) in [6.07, 6.45) is 3.27. The van der Waals surface area contributed by atoms with E-state index in [1.807, 2.05) is 29.2 Å². The van der Waals surface area contributed by atoms with Crippen LogP contribution in [0.5, 0.6) is 5.75 Å². The van der Waals surface area contributed by atoms with E-state index in [2.05, 4.69) is 13.8 Å². The molecule has 0 aromatic heterocycles. The molecule has 1 fully saturated rings. The highest BCUT2D eigenvalue weighted by Crippen LogP contribution is 2.32. The molecule has 1 amide bonds. The van der Waals surface area contributed by atoms with Crippen molar-refractivity contribution in [1.82, 2.24) is 4.90 Å². The molecule has 0 spiro atoms. The first-order valence-corrected chi connectivity index (χ1v) is 7.95. The van der Waals surface area contributed by atoms with E-state index in [0.717, 1.165) is 43.7 Å². The minimum atomic E-state index is -0.00794. The molecule has 0 bridgehead atoms. The second-order valence-corrected chi connectivity index (χ2v) is 5.65. The zero-order valence-electron chi connectivity index (χ0n) is 13.0. The van der Waals surface area contributed by atoms with Crippen LogP contribution in [-0.4, -0.2) is 30.0 Å². The lowest BCUT2D eigenvalue weighted by Gasteiger charge is -2.40. The molecule has 4 heteroatoms.